The number of rotatable bonds is 5. The van der Waals surface area contributed by atoms with Crippen molar-refractivity contribution in [2.45, 2.75) is 20.8 Å². The van der Waals surface area contributed by atoms with E-state index in [-0.39, 0.29) is 0 Å². The Hall–Kier alpha value is -2.79. The molecule has 0 bridgehead atoms. The number of nitrogens with one attached hydrogen (secondary N) is 2. The van der Waals surface area contributed by atoms with Crippen molar-refractivity contribution >= 4 is 34.7 Å². The molecule has 3 aromatic rings. The number of anilines is 4. The van der Waals surface area contributed by atoms with Gasteiger partial charge in [-0.1, -0.05) is 17.7 Å². The molecule has 0 fully saturated rings. The van der Waals surface area contributed by atoms with Gasteiger partial charge < -0.3 is 15.4 Å². The summed E-state index contributed by atoms with van der Waals surface area (Å²) in [6.45, 7) is 6.11. The second-order valence-corrected chi connectivity index (χ2v) is 6.52. The number of aryl methyl sites for hydroxylation is 3. The second kappa shape index (κ2) is 7.62. The Bertz CT molecular complexity index is 943. The summed E-state index contributed by atoms with van der Waals surface area (Å²) in [7, 11) is 1.59. The molecule has 6 heteroatoms. The zero-order chi connectivity index (χ0) is 18.7. The molecule has 0 aliphatic carbocycles. The molecule has 0 atom stereocenters. The van der Waals surface area contributed by atoms with E-state index in [1.165, 1.54) is 11.1 Å². The van der Waals surface area contributed by atoms with E-state index in [1.54, 1.807) is 19.2 Å². The maximum Gasteiger partial charge on any atom is 0.229 e. The molecule has 0 radical (unpaired) electrons. The standard InChI is InChI=1S/C20H21ClN4O/c1-12-5-6-15(9-13(12)2)23-19-10-14(3)22-20(25-19)24-16-7-8-18(26-4)17(21)11-16/h5-11H,1-4H3,(H2,22,23,24,25). The highest BCUT2D eigenvalue weighted by Crippen LogP contribution is 2.28. The lowest BCUT2D eigenvalue weighted by Crippen LogP contribution is -2.02. The molecule has 3 rings (SSSR count). The molecule has 0 amide bonds. The minimum absolute atomic E-state index is 0.498. The normalized spacial score (nSPS) is 10.5. The summed E-state index contributed by atoms with van der Waals surface area (Å²) >= 11 is 6.18. The number of hydrogen-bond donors (Lipinski definition) is 2. The van der Waals surface area contributed by atoms with E-state index in [4.69, 9.17) is 16.3 Å². The maximum atomic E-state index is 6.18. The molecule has 134 valence electrons. The van der Waals surface area contributed by atoms with Crippen LogP contribution < -0.4 is 15.4 Å². The van der Waals surface area contributed by atoms with E-state index in [0.717, 1.165) is 22.9 Å². The highest BCUT2D eigenvalue weighted by Gasteiger charge is 2.06. The van der Waals surface area contributed by atoms with Crippen LogP contribution in [0.5, 0.6) is 5.75 Å². The van der Waals surface area contributed by atoms with Crippen molar-refractivity contribution in [2.75, 3.05) is 17.7 Å². The average molecular weight is 369 g/mol. The third kappa shape index (κ3) is 4.24. The van der Waals surface area contributed by atoms with Crippen molar-refractivity contribution in [3.8, 4) is 5.75 Å². The molecular formula is C20H21ClN4O. The maximum absolute atomic E-state index is 6.18. The van der Waals surface area contributed by atoms with Gasteiger partial charge in [0.1, 0.15) is 11.6 Å². The smallest absolute Gasteiger partial charge is 0.229 e. The van der Waals surface area contributed by atoms with E-state index in [2.05, 4.69) is 46.6 Å². The van der Waals surface area contributed by atoms with Crippen LogP contribution in [0, 0.1) is 20.8 Å². The molecule has 1 heterocycles. The summed E-state index contributed by atoms with van der Waals surface area (Å²) in [6.07, 6.45) is 0. The van der Waals surface area contributed by atoms with Crippen molar-refractivity contribution in [1.29, 1.82) is 0 Å². The van der Waals surface area contributed by atoms with Gasteiger partial charge >= 0.3 is 0 Å². The van der Waals surface area contributed by atoms with Crippen molar-refractivity contribution < 1.29 is 4.74 Å². The van der Waals surface area contributed by atoms with E-state index in [1.807, 2.05) is 25.1 Å². The summed E-state index contributed by atoms with van der Waals surface area (Å²) < 4.78 is 5.17. The molecule has 2 aromatic carbocycles. The fourth-order valence-electron chi connectivity index (χ4n) is 2.53. The Morgan fingerprint density at radius 3 is 2.27 bits per heavy atom. The Morgan fingerprint density at radius 2 is 1.58 bits per heavy atom. The van der Waals surface area contributed by atoms with Crippen LogP contribution in [0.4, 0.5) is 23.1 Å². The molecule has 2 N–H and O–H groups in total. The quantitative estimate of drug-likeness (QED) is 0.618. The zero-order valence-electron chi connectivity index (χ0n) is 15.2. The molecular weight excluding hydrogens is 348 g/mol. The minimum atomic E-state index is 0.498. The van der Waals surface area contributed by atoms with E-state index in [0.29, 0.717) is 16.7 Å². The van der Waals surface area contributed by atoms with Gasteiger partial charge in [-0.05, 0) is 62.2 Å². The highest BCUT2D eigenvalue weighted by atomic mass is 35.5. The number of hydrogen-bond acceptors (Lipinski definition) is 5. The first-order chi connectivity index (χ1) is 12.4. The van der Waals surface area contributed by atoms with Crippen molar-refractivity contribution in [2.24, 2.45) is 0 Å². The fraction of sp³-hybridized carbons (Fsp3) is 0.200. The number of halogens is 1. The monoisotopic (exact) mass is 368 g/mol. The average Bonchev–Trinajstić information content (AvgIpc) is 2.58. The number of nitrogens with zero attached hydrogens (tertiary/aromatic N) is 2. The van der Waals surface area contributed by atoms with Gasteiger partial charge in [0.15, 0.2) is 0 Å². The van der Waals surface area contributed by atoms with Gasteiger partial charge in [0.2, 0.25) is 5.95 Å². The van der Waals surface area contributed by atoms with E-state index in [9.17, 15) is 0 Å². The van der Waals surface area contributed by atoms with E-state index < -0.39 is 0 Å². The summed E-state index contributed by atoms with van der Waals surface area (Å²) in [6, 6.07) is 13.6. The third-order valence-corrected chi connectivity index (χ3v) is 4.34. The zero-order valence-corrected chi connectivity index (χ0v) is 16.0. The van der Waals surface area contributed by atoms with Crippen molar-refractivity contribution in [1.82, 2.24) is 9.97 Å². The van der Waals surface area contributed by atoms with Crippen LogP contribution in [0.2, 0.25) is 5.02 Å². The largest absolute Gasteiger partial charge is 0.495 e. The number of methoxy groups -OCH3 is 1. The summed E-state index contributed by atoms with van der Waals surface area (Å²) in [5.41, 5.74) is 5.12. The Labute approximate surface area is 158 Å². The summed E-state index contributed by atoms with van der Waals surface area (Å²) in [5.74, 6) is 1.85. The Morgan fingerprint density at radius 1 is 0.846 bits per heavy atom. The van der Waals surface area contributed by atoms with Crippen molar-refractivity contribution in [3.63, 3.8) is 0 Å². The first-order valence-corrected chi connectivity index (χ1v) is 8.63. The fourth-order valence-corrected chi connectivity index (χ4v) is 2.79. The first-order valence-electron chi connectivity index (χ1n) is 8.25. The molecule has 0 aliphatic heterocycles. The predicted molar refractivity (Wildman–Crippen MR) is 107 cm³/mol. The van der Waals surface area contributed by atoms with Crippen molar-refractivity contribution in [3.05, 3.63) is 64.3 Å². The van der Waals surface area contributed by atoms with Gasteiger partial charge in [-0.25, -0.2) is 4.98 Å². The Balaban J connectivity index is 1.83. The van der Waals surface area contributed by atoms with Gasteiger partial charge in [-0.15, -0.1) is 0 Å². The van der Waals surface area contributed by atoms with Gasteiger partial charge in [0.05, 0.1) is 12.1 Å². The molecule has 0 saturated heterocycles. The summed E-state index contributed by atoms with van der Waals surface area (Å²) in [5, 5.41) is 7.04. The number of benzene rings is 2. The van der Waals surface area contributed by atoms with Gasteiger partial charge in [0.25, 0.3) is 0 Å². The van der Waals surface area contributed by atoms with Crippen LogP contribution in [0.25, 0.3) is 0 Å². The van der Waals surface area contributed by atoms with Gasteiger partial charge in [-0.3, -0.25) is 0 Å². The second-order valence-electron chi connectivity index (χ2n) is 6.12. The Kier molecular flexibility index (Phi) is 5.28. The third-order valence-electron chi connectivity index (χ3n) is 4.04. The van der Waals surface area contributed by atoms with Crippen LogP contribution in [-0.4, -0.2) is 17.1 Å². The molecule has 1 aromatic heterocycles. The van der Waals surface area contributed by atoms with Crippen LogP contribution in [0.3, 0.4) is 0 Å². The van der Waals surface area contributed by atoms with Crippen LogP contribution in [0.1, 0.15) is 16.8 Å². The predicted octanol–water partition coefficient (Wildman–Crippen LogP) is 5.55. The van der Waals surface area contributed by atoms with Crippen LogP contribution >= 0.6 is 11.6 Å². The van der Waals surface area contributed by atoms with E-state index >= 15 is 0 Å². The van der Waals surface area contributed by atoms with Crippen LogP contribution in [-0.2, 0) is 0 Å². The molecule has 5 nitrogen and oxygen atoms in total. The molecule has 0 saturated carbocycles. The molecule has 0 unspecified atom stereocenters. The van der Waals surface area contributed by atoms with Crippen LogP contribution in [0.15, 0.2) is 42.5 Å². The molecule has 0 spiro atoms. The number of ether oxygens (including phenoxy) is 1. The topological polar surface area (TPSA) is 59.1 Å². The van der Waals surface area contributed by atoms with Gasteiger partial charge in [0, 0.05) is 23.1 Å². The first kappa shape index (κ1) is 18.0. The van der Waals surface area contributed by atoms with Gasteiger partial charge in [-0.2, -0.15) is 4.98 Å². The lowest BCUT2D eigenvalue weighted by atomic mass is 10.1. The summed E-state index contributed by atoms with van der Waals surface area (Å²) in [4.78, 5) is 8.98. The molecule has 26 heavy (non-hydrogen) atoms. The minimum Gasteiger partial charge on any atom is -0.495 e. The molecule has 0 aliphatic rings. The SMILES string of the molecule is COc1ccc(Nc2nc(C)cc(Nc3ccc(C)c(C)c3)n2)cc1Cl. The highest BCUT2D eigenvalue weighted by molar-refractivity contribution is 6.32. The lowest BCUT2D eigenvalue weighted by molar-refractivity contribution is 0.415. The number of aromatic nitrogens is 2. The lowest BCUT2D eigenvalue weighted by Gasteiger charge is -2.12.